The summed E-state index contributed by atoms with van der Waals surface area (Å²) in [5.74, 6) is 0.858. The van der Waals surface area contributed by atoms with E-state index in [0.717, 1.165) is 28.7 Å². The van der Waals surface area contributed by atoms with Crippen LogP contribution in [0.4, 0.5) is 0 Å². The fraction of sp³-hybridized carbons (Fsp3) is 0.273. The van der Waals surface area contributed by atoms with Crippen molar-refractivity contribution >= 4 is 17.4 Å². The number of nitrogens with zero attached hydrogens (tertiary/aromatic N) is 3. The summed E-state index contributed by atoms with van der Waals surface area (Å²) in [5, 5.41) is 12.2. The zero-order valence-corrected chi connectivity index (χ0v) is 10.00. The highest BCUT2D eigenvalue weighted by Gasteiger charge is 2.05. The van der Waals surface area contributed by atoms with E-state index in [1.807, 2.05) is 35.8 Å². The number of thioether (sulfide) groups is 1. The van der Waals surface area contributed by atoms with E-state index in [-0.39, 0.29) is 0 Å². The summed E-state index contributed by atoms with van der Waals surface area (Å²) in [5.41, 5.74) is 2.03. The van der Waals surface area contributed by atoms with E-state index in [0.29, 0.717) is 0 Å². The van der Waals surface area contributed by atoms with Crippen LogP contribution in [0, 0.1) is 0 Å². The molecule has 0 aromatic carbocycles. The quantitative estimate of drug-likeness (QED) is 0.630. The van der Waals surface area contributed by atoms with Gasteiger partial charge in [-0.05, 0) is 19.2 Å². The van der Waals surface area contributed by atoms with Crippen LogP contribution in [0.25, 0.3) is 5.65 Å². The fourth-order valence-corrected chi connectivity index (χ4v) is 2.21. The van der Waals surface area contributed by atoms with Crippen molar-refractivity contribution in [3.05, 3.63) is 36.5 Å². The molecular formula is C11H14N4S. The lowest BCUT2D eigenvalue weighted by molar-refractivity contribution is 0.882. The van der Waals surface area contributed by atoms with Crippen molar-refractivity contribution in [3.63, 3.8) is 0 Å². The predicted molar refractivity (Wildman–Crippen MR) is 66.8 cm³/mol. The van der Waals surface area contributed by atoms with Crippen molar-refractivity contribution in [1.29, 1.82) is 0 Å². The van der Waals surface area contributed by atoms with Crippen LogP contribution >= 0.6 is 11.8 Å². The molecule has 5 heteroatoms. The summed E-state index contributed by atoms with van der Waals surface area (Å²) >= 11 is 1.65. The Morgan fingerprint density at radius 1 is 1.50 bits per heavy atom. The Hall–Kier alpha value is -1.33. The van der Waals surface area contributed by atoms with E-state index in [1.165, 1.54) is 0 Å². The van der Waals surface area contributed by atoms with Gasteiger partial charge in [0.05, 0.1) is 0 Å². The maximum atomic E-state index is 4.14. The SMILES string of the molecule is C=C(CNC)CSc1nnc2ccccn12. The standard InChI is InChI=1S/C11H14N4S/c1-9(7-12-2)8-16-11-14-13-10-5-3-4-6-15(10)11/h3-6,12H,1,7-8H2,2H3. The van der Waals surface area contributed by atoms with Gasteiger partial charge in [-0.25, -0.2) is 0 Å². The molecule has 0 fully saturated rings. The second-order valence-corrected chi connectivity index (χ2v) is 4.42. The van der Waals surface area contributed by atoms with Crippen molar-refractivity contribution in [1.82, 2.24) is 19.9 Å². The molecule has 0 atom stereocenters. The van der Waals surface area contributed by atoms with Crippen LogP contribution in [-0.2, 0) is 0 Å². The zero-order valence-electron chi connectivity index (χ0n) is 9.18. The lowest BCUT2D eigenvalue weighted by Crippen LogP contribution is -2.11. The summed E-state index contributed by atoms with van der Waals surface area (Å²) in [6.45, 7) is 4.82. The summed E-state index contributed by atoms with van der Waals surface area (Å²) in [4.78, 5) is 0. The van der Waals surface area contributed by atoms with Crippen LogP contribution < -0.4 is 5.32 Å². The Labute approximate surface area is 98.8 Å². The first kappa shape index (κ1) is 11.2. The summed E-state index contributed by atoms with van der Waals surface area (Å²) in [6.07, 6.45) is 1.97. The molecule has 2 rings (SSSR count). The van der Waals surface area contributed by atoms with Gasteiger partial charge in [-0.3, -0.25) is 4.40 Å². The van der Waals surface area contributed by atoms with E-state index in [1.54, 1.807) is 11.8 Å². The number of likely N-dealkylation sites (N-methyl/N-ethyl adjacent to an activating group) is 1. The highest BCUT2D eigenvalue weighted by atomic mass is 32.2. The fourth-order valence-electron chi connectivity index (χ4n) is 1.39. The van der Waals surface area contributed by atoms with Gasteiger partial charge in [-0.15, -0.1) is 10.2 Å². The van der Waals surface area contributed by atoms with Crippen molar-refractivity contribution < 1.29 is 0 Å². The monoisotopic (exact) mass is 234 g/mol. The topological polar surface area (TPSA) is 42.2 Å². The maximum Gasteiger partial charge on any atom is 0.195 e. The molecule has 2 heterocycles. The minimum absolute atomic E-state index is 0.837. The molecule has 84 valence electrons. The van der Waals surface area contributed by atoms with Crippen molar-refractivity contribution in [2.45, 2.75) is 5.16 Å². The highest BCUT2D eigenvalue weighted by Crippen LogP contribution is 2.18. The van der Waals surface area contributed by atoms with Crippen molar-refractivity contribution in [2.75, 3.05) is 19.3 Å². The Kier molecular flexibility index (Phi) is 3.58. The van der Waals surface area contributed by atoms with E-state index in [4.69, 9.17) is 0 Å². The molecule has 0 aliphatic rings. The molecule has 0 saturated heterocycles. The van der Waals surface area contributed by atoms with E-state index < -0.39 is 0 Å². The summed E-state index contributed by atoms with van der Waals surface area (Å²) < 4.78 is 1.98. The molecular weight excluding hydrogens is 220 g/mol. The molecule has 0 amide bonds. The largest absolute Gasteiger partial charge is 0.316 e. The zero-order chi connectivity index (χ0) is 11.4. The molecule has 0 radical (unpaired) electrons. The molecule has 0 spiro atoms. The Bertz CT molecular complexity index is 491. The van der Waals surface area contributed by atoms with Gasteiger partial charge in [0.15, 0.2) is 10.8 Å². The Morgan fingerprint density at radius 2 is 2.38 bits per heavy atom. The Balaban J connectivity index is 2.07. The molecule has 0 saturated carbocycles. The van der Waals surface area contributed by atoms with E-state index in [9.17, 15) is 0 Å². The van der Waals surface area contributed by atoms with Crippen LogP contribution in [0.5, 0.6) is 0 Å². The average molecular weight is 234 g/mol. The van der Waals surface area contributed by atoms with Crippen molar-refractivity contribution in [2.24, 2.45) is 0 Å². The first-order valence-electron chi connectivity index (χ1n) is 5.05. The second kappa shape index (κ2) is 5.14. The average Bonchev–Trinajstić information content (AvgIpc) is 2.70. The van der Waals surface area contributed by atoms with Gasteiger partial charge in [0.25, 0.3) is 0 Å². The third-order valence-corrected chi connectivity index (χ3v) is 3.20. The number of pyridine rings is 1. The maximum absolute atomic E-state index is 4.14. The molecule has 0 bridgehead atoms. The van der Waals surface area contributed by atoms with Crippen molar-refractivity contribution in [3.8, 4) is 0 Å². The number of nitrogens with one attached hydrogen (secondary N) is 1. The molecule has 2 aromatic heterocycles. The normalized spacial score (nSPS) is 10.8. The van der Waals surface area contributed by atoms with Gasteiger partial charge in [0.2, 0.25) is 0 Å². The highest BCUT2D eigenvalue weighted by molar-refractivity contribution is 7.99. The lowest BCUT2D eigenvalue weighted by Gasteiger charge is -2.03. The summed E-state index contributed by atoms with van der Waals surface area (Å²) in [6, 6.07) is 5.88. The number of rotatable bonds is 5. The molecule has 4 nitrogen and oxygen atoms in total. The number of hydrogen-bond acceptors (Lipinski definition) is 4. The molecule has 1 N–H and O–H groups in total. The first-order chi connectivity index (χ1) is 7.81. The smallest absolute Gasteiger partial charge is 0.195 e. The van der Waals surface area contributed by atoms with E-state index >= 15 is 0 Å². The minimum Gasteiger partial charge on any atom is -0.316 e. The van der Waals surface area contributed by atoms with Crippen LogP contribution in [0.1, 0.15) is 0 Å². The van der Waals surface area contributed by atoms with Crippen LogP contribution in [0.15, 0.2) is 41.7 Å². The first-order valence-corrected chi connectivity index (χ1v) is 6.03. The van der Waals surface area contributed by atoms with Crippen LogP contribution in [0.3, 0.4) is 0 Å². The predicted octanol–water partition coefficient (Wildman–Crippen LogP) is 1.60. The second-order valence-electron chi connectivity index (χ2n) is 3.48. The van der Waals surface area contributed by atoms with Crippen LogP contribution in [-0.4, -0.2) is 33.9 Å². The molecule has 0 aliphatic heterocycles. The molecule has 0 unspecified atom stereocenters. The third-order valence-electron chi connectivity index (χ3n) is 2.11. The minimum atomic E-state index is 0.837. The molecule has 2 aromatic rings. The molecule has 16 heavy (non-hydrogen) atoms. The van der Waals surface area contributed by atoms with Gasteiger partial charge in [0, 0.05) is 18.5 Å². The van der Waals surface area contributed by atoms with Gasteiger partial charge in [-0.2, -0.15) is 0 Å². The van der Waals surface area contributed by atoms with Crippen LogP contribution in [0.2, 0.25) is 0 Å². The number of aromatic nitrogens is 3. The number of hydrogen-bond donors (Lipinski definition) is 1. The third kappa shape index (κ3) is 2.43. The van der Waals surface area contributed by atoms with E-state index in [2.05, 4.69) is 22.1 Å². The molecule has 0 aliphatic carbocycles. The number of fused-ring (bicyclic) bond motifs is 1. The lowest BCUT2D eigenvalue weighted by atomic mass is 10.3. The van der Waals surface area contributed by atoms with Gasteiger partial charge >= 0.3 is 0 Å². The summed E-state index contributed by atoms with van der Waals surface area (Å²) in [7, 11) is 1.92. The van der Waals surface area contributed by atoms with Gasteiger partial charge in [0.1, 0.15) is 0 Å². The van der Waals surface area contributed by atoms with Gasteiger partial charge < -0.3 is 5.32 Å². The Morgan fingerprint density at radius 3 is 3.19 bits per heavy atom. The van der Waals surface area contributed by atoms with Gasteiger partial charge in [-0.1, -0.05) is 30.0 Å².